The van der Waals surface area contributed by atoms with Crippen molar-refractivity contribution in [3.8, 4) is 6.07 Å². The van der Waals surface area contributed by atoms with Gasteiger partial charge in [0, 0.05) is 31.7 Å². The van der Waals surface area contributed by atoms with Gasteiger partial charge in [-0.25, -0.2) is 0 Å². The maximum absolute atomic E-state index is 13.4. The molecule has 0 N–H and O–H groups in total. The molecular formula is C29H32N4O4S2. The standard InChI is InChI=1S/C29H32N4O4S2/c1-4-32-25(31-14-12-21(13-15-31)28(36)37-5-2)22(19(3)23(18-30)26(32)34)17-24-27(35)33(29(38)39-24)16-11-20-9-7-6-8-10-20/h6-10,17,21H,4-5,11-16H2,1-3H3/b24-17+. The van der Waals surface area contributed by atoms with E-state index in [2.05, 4.69) is 11.0 Å². The van der Waals surface area contributed by atoms with Crippen LogP contribution in [-0.2, 0) is 27.3 Å². The van der Waals surface area contributed by atoms with E-state index >= 15 is 0 Å². The molecule has 1 aromatic heterocycles. The van der Waals surface area contributed by atoms with Gasteiger partial charge in [0.05, 0.1) is 17.4 Å². The monoisotopic (exact) mass is 564 g/mol. The molecule has 0 atom stereocenters. The van der Waals surface area contributed by atoms with Crippen LogP contribution in [0.25, 0.3) is 6.08 Å². The third kappa shape index (κ3) is 5.94. The summed E-state index contributed by atoms with van der Waals surface area (Å²) in [5.74, 6) is 0.100. The second kappa shape index (κ2) is 12.6. The van der Waals surface area contributed by atoms with Gasteiger partial charge in [0.25, 0.3) is 11.5 Å². The largest absolute Gasteiger partial charge is 0.466 e. The van der Waals surface area contributed by atoms with E-state index in [0.29, 0.717) is 78.2 Å². The fourth-order valence-electron chi connectivity index (χ4n) is 5.07. The Hall–Kier alpha value is -3.42. The van der Waals surface area contributed by atoms with Crippen molar-refractivity contribution in [3.63, 3.8) is 0 Å². The van der Waals surface area contributed by atoms with Gasteiger partial charge < -0.3 is 9.64 Å². The molecule has 0 spiro atoms. The van der Waals surface area contributed by atoms with E-state index in [0.717, 1.165) is 5.56 Å². The van der Waals surface area contributed by atoms with Crippen LogP contribution in [-0.4, -0.2) is 51.9 Å². The minimum Gasteiger partial charge on any atom is -0.466 e. The molecule has 3 heterocycles. The third-order valence-electron chi connectivity index (χ3n) is 7.19. The maximum Gasteiger partial charge on any atom is 0.309 e. The zero-order chi connectivity index (χ0) is 28.1. The van der Waals surface area contributed by atoms with Crippen molar-refractivity contribution < 1.29 is 14.3 Å². The number of anilines is 1. The summed E-state index contributed by atoms with van der Waals surface area (Å²) in [6.07, 6.45) is 3.64. The number of nitrogens with zero attached hydrogens (tertiary/aromatic N) is 4. The van der Waals surface area contributed by atoms with E-state index in [4.69, 9.17) is 17.0 Å². The number of rotatable bonds is 8. The van der Waals surface area contributed by atoms with Gasteiger partial charge in [-0.05, 0) is 57.2 Å². The maximum atomic E-state index is 13.4. The Morgan fingerprint density at radius 1 is 1.21 bits per heavy atom. The first-order valence-electron chi connectivity index (χ1n) is 13.2. The fraction of sp³-hybridized carbons (Fsp3) is 0.414. The molecule has 0 aliphatic carbocycles. The second-order valence-corrected chi connectivity index (χ2v) is 11.2. The van der Waals surface area contributed by atoms with E-state index < -0.39 is 0 Å². The highest BCUT2D eigenvalue weighted by Gasteiger charge is 2.34. The Bertz CT molecular complexity index is 1400. The number of hydrogen-bond donors (Lipinski definition) is 0. The SMILES string of the molecule is CCOC(=O)C1CCN(c2c(/C=C3/SC(=S)N(CCc4ccccc4)C3=O)c(C)c(C#N)c(=O)n2CC)CC1. The van der Waals surface area contributed by atoms with Gasteiger partial charge in [-0.2, -0.15) is 5.26 Å². The van der Waals surface area contributed by atoms with Crippen LogP contribution in [0.15, 0.2) is 40.0 Å². The predicted molar refractivity (Wildman–Crippen MR) is 157 cm³/mol. The molecule has 204 valence electrons. The molecule has 1 amide bonds. The van der Waals surface area contributed by atoms with E-state index in [1.54, 1.807) is 29.4 Å². The Labute approximate surface area is 238 Å². The van der Waals surface area contributed by atoms with Crippen molar-refractivity contribution in [2.75, 3.05) is 31.1 Å². The topological polar surface area (TPSA) is 95.6 Å². The van der Waals surface area contributed by atoms with Crippen LogP contribution in [0.2, 0.25) is 0 Å². The minimum atomic E-state index is -0.354. The number of benzene rings is 1. The number of aromatic nitrogens is 1. The van der Waals surface area contributed by atoms with Crippen molar-refractivity contribution in [2.24, 2.45) is 5.92 Å². The first kappa shape index (κ1) is 28.6. The lowest BCUT2D eigenvalue weighted by atomic mass is 9.95. The third-order valence-corrected chi connectivity index (χ3v) is 8.57. The zero-order valence-corrected chi connectivity index (χ0v) is 24.1. The molecule has 2 aromatic rings. The number of pyridine rings is 1. The quantitative estimate of drug-likeness (QED) is 0.267. The molecule has 1 aromatic carbocycles. The summed E-state index contributed by atoms with van der Waals surface area (Å²) in [6, 6.07) is 12.0. The summed E-state index contributed by atoms with van der Waals surface area (Å²) >= 11 is 6.79. The van der Waals surface area contributed by atoms with Gasteiger partial charge in [0.1, 0.15) is 21.8 Å². The molecule has 10 heteroatoms. The van der Waals surface area contributed by atoms with Crippen LogP contribution in [0.3, 0.4) is 0 Å². The normalized spacial score (nSPS) is 17.1. The van der Waals surface area contributed by atoms with Gasteiger partial charge in [-0.1, -0.05) is 54.3 Å². The van der Waals surface area contributed by atoms with E-state index in [1.807, 2.05) is 37.3 Å². The summed E-state index contributed by atoms with van der Waals surface area (Å²) in [6.45, 7) is 7.67. The highest BCUT2D eigenvalue weighted by atomic mass is 32.2. The molecule has 0 bridgehead atoms. The van der Waals surface area contributed by atoms with E-state index in [-0.39, 0.29) is 28.9 Å². The number of esters is 1. The average molecular weight is 565 g/mol. The van der Waals surface area contributed by atoms with Crippen molar-refractivity contribution >= 4 is 52.1 Å². The number of carbonyl (C=O) groups excluding carboxylic acids is 2. The number of thioether (sulfide) groups is 1. The first-order chi connectivity index (χ1) is 18.8. The summed E-state index contributed by atoms with van der Waals surface area (Å²) in [5.41, 5.74) is 2.02. The highest BCUT2D eigenvalue weighted by Crippen LogP contribution is 2.37. The van der Waals surface area contributed by atoms with Crippen molar-refractivity contribution in [1.29, 1.82) is 5.26 Å². The number of hydrogen-bond acceptors (Lipinski definition) is 8. The van der Waals surface area contributed by atoms with Crippen molar-refractivity contribution in [1.82, 2.24) is 9.47 Å². The van der Waals surface area contributed by atoms with Gasteiger partial charge in [-0.15, -0.1) is 0 Å². The molecule has 4 rings (SSSR count). The Kier molecular flexibility index (Phi) is 9.25. The van der Waals surface area contributed by atoms with Gasteiger partial charge in [0.2, 0.25) is 0 Å². The van der Waals surface area contributed by atoms with Gasteiger partial charge >= 0.3 is 5.97 Å². The highest BCUT2D eigenvalue weighted by molar-refractivity contribution is 8.26. The van der Waals surface area contributed by atoms with Crippen LogP contribution in [0.1, 0.15) is 48.9 Å². The molecule has 2 aliphatic rings. The smallest absolute Gasteiger partial charge is 0.309 e. The molecule has 39 heavy (non-hydrogen) atoms. The lowest BCUT2D eigenvalue weighted by Gasteiger charge is -2.35. The molecule has 2 aliphatic heterocycles. The number of piperidine rings is 1. The predicted octanol–water partition coefficient (Wildman–Crippen LogP) is 4.27. The fourth-order valence-corrected chi connectivity index (χ4v) is 6.37. The van der Waals surface area contributed by atoms with Crippen molar-refractivity contribution in [3.05, 3.63) is 67.8 Å². The Morgan fingerprint density at radius 2 is 1.90 bits per heavy atom. The number of amides is 1. The zero-order valence-electron chi connectivity index (χ0n) is 22.4. The molecule has 0 radical (unpaired) electrons. The van der Waals surface area contributed by atoms with E-state index in [9.17, 15) is 19.6 Å². The van der Waals surface area contributed by atoms with Gasteiger partial charge in [0.15, 0.2) is 0 Å². The molecule has 0 saturated carbocycles. The Balaban J connectivity index is 1.69. The van der Waals surface area contributed by atoms with Gasteiger partial charge in [-0.3, -0.25) is 23.9 Å². The van der Waals surface area contributed by atoms with E-state index in [1.165, 1.54) is 11.8 Å². The average Bonchev–Trinajstić information content (AvgIpc) is 3.21. The molecular weight excluding hydrogens is 532 g/mol. The summed E-state index contributed by atoms with van der Waals surface area (Å²) < 4.78 is 7.30. The summed E-state index contributed by atoms with van der Waals surface area (Å²) in [5, 5.41) is 9.82. The molecule has 2 saturated heterocycles. The summed E-state index contributed by atoms with van der Waals surface area (Å²) in [4.78, 5) is 43.2. The number of nitriles is 1. The van der Waals surface area contributed by atoms with Crippen LogP contribution in [0, 0.1) is 24.2 Å². The summed E-state index contributed by atoms with van der Waals surface area (Å²) in [7, 11) is 0. The van der Waals surface area contributed by atoms with Crippen LogP contribution >= 0.6 is 24.0 Å². The minimum absolute atomic E-state index is 0.0628. The Morgan fingerprint density at radius 3 is 2.51 bits per heavy atom. The number of ether oxygens (including phenoxy) is 1. The van der Waals surface area contributed by atoms with Crippen LogP contribution < -0.4 is 10.5 Å². The van der Waals surface area contributed by atoms with Crippen LogP contribution in [0.5, 0.6) is 0 Å². The second-order valence-electron chi connectivity index (χ2n) is 9.48. The first-order valence-corrected chi connectivity index (χ1v) is 14.4. The molecule has 0 unspecified atom stereocenters. The molecule has 2 fully saturated rings. The molecule has 8 nitrogen and oxygen atoms in total. The number of thiocarbonyl (C=S) groups is 1. The van der Waals surface area contributed by atoms with Crippen molar-refractivity contribution in [2.45, 2.75) is 46.6 Å². The lowest BCUT2D eigenvalue weighted by Crippen LogP contribution is -2.41. The lowest BCUT2D eigenvalue weighted by molar-refractivity contribution is -0.148. The number of carbonyl (C=O) groups is 2. The van der Waals surface area contributed by atoms with Crippen LogP contribution in [0.4, 0.5) is 5.82 Å².